The SMILES string of the molecule is CCCCOC(=O)c1ccc2nc(NC(=O)c3ccc(N4CCOCC4)c([N+](=O)[O-])c3)sc2c1. The normalized spacial score (nSPS) is 13.6. The molecular weight excluding hydrogens is 460 g/mol. The highest BCUT2D eigenvalue weighted by molar-refractivity contribution is 7.22. The summed E-state index contributed by atoms with van der Waals surface area (Å²) in [6.07, 6.45) is 1.74. The third kappa shape index (κ3) is 5.32. The topological polar surface area (TPSA) is 124 Å². The summed E-state index contributed by atoms with van der Waals surface area (Å²) in [5, 5.41) is 14.7. The van der Waals surface area contributed by atoms with Crippen LogP contribution < -0.4 is 10.2 Å². The van der Waals surface area contributed by atoms with Crippen LogP contribution in [0, 0.1) is 10.1 Å². The van der Waals surface area contributed by atoms with Gasteiger partial charge in [0.1, 0.15) is 5.69 Å². The Kier molecular flexibility index (Phi) is 7.33. The Balaban J connectivity index is 1.50. The highest BCUT2D eigenvalue weighted by Crippen LogP contribution is 2.31. The Bertz CT molecular complexity index is 1220. The van der Waals surface area contributed by atoms with Crippen molar-refractivity contribution in [1.82, 2.24) is 4.98 Å². The number of nitro benzene ring substituents is 1. The van der Waals surface area contributed by atoms with Crippen LogP contribution in [0.5, 0.6) is 0 Å². The van der Waals surface area contributed by atoms with Crippen molar-refractivity contribution in [3.63, 3.8) is 0 Å². The van der Waals surface area contributed by atoms with Crippen molar-refractivity contribution in [2.75, 3.05) is 43.1 Å². The molecule has 0 atom stereocenters. The number of ether oxygens (including phenoxy) is 2. The van der Waals surface area contributed by atoms with Crippen molar-refractivity contribution in [3.8, 4) is 0 Å². The summed E-state index contributed by atoms with van der Waals surface area (Å²) in [6.45, 7) is 4.47. The lowest BCUT2D eigenvalue weighted by Crippen LogP contribution is -2.36. The van der Waals surface area contributed by atoms with Crippen molar-refractivity contribution in [3.05, 3.63) is 57.6 Å². The number of thiazole rings is 1. The van der Waals surface area contributed by atoms with Crippen LogP contribution in [0.4, 0.5) is 16.5 Å². The minimum Gasteiger partial charge on any atom is -0.462 e. The number of fused-ring (bicyclic) bond motifs is 1. The number of nitrogens with zero attached hydrogens (tertiary/aromatic N) is 3. The van der Waals surface area contributed by atoms with Crippen LogP contribution in [-0.2, 0) is 9.47 Å². The van der Waals surface area contributed by atoms with Crippen LogP contribution >= 0.6 is 11.3 Å². The van der Waals surface area contributed by atoms with Crippen molar-refractivity contribution in [2.45, 2.75) is 19.8 Å². The number of hydrogen-bond acceptors (Lipinski definition) is 9. The summed E-state index contributed by atoms with van der Waals surface area (Å²) in [6, 6.07) is 9.43. The molecule has 34 heavy (non-hydrogen) atoms. The van der Waals surface area contributed by atoms with E-state index in [2.05, 4.69) is 10.3 Å². The molecule has 1 aromatic heterocycles. The molecule has 1 saturated heterocycles. The summed E-state index contributed by atoms with van der Waals surface area (Å²) in [5.41, 5.74) is 1.52. The molecule has 1 aliphatic rings. The van der Waals surface area contributed by atoms with E-state index in [-0.39, 0.29) is 11.3 Å². The highest BCUT2D eigenvalue weighted by Gasteiger charge is 2.24. The molecular formula is C23H24N4O6S. The lowest BCUT2D eigenvalue weighted by Gasteiger charge is -2.28. The highest BCUT2D eigenvalue weighted by atomic mass is 32.1. The standard InChI is InChI=1S/C23H24N4O6S/c1-2-3-10-33-22(29)16-4-6-17-20(14-16)34-23(24-17)25-21(28)15-5-7-18(19(13-15)27(30)31)26-8-11-32-12-9-26/h4-7,13-14H,2-3,8-12H2,1H3,(H,24,25,28). The molecule has 0 unspecified atom stereocenters. The number of hydrogen-bond donors (Lipinski definition) is 1. The first-order chi connectivity index (χ1) is 16.5. The fourth-order valence-electron chi connectivity index (χ4n) is 3.55. The number of nitro groups is 1. The maximum atomic E-state index is 12.8. The molecule has 0 bridgehead atoms. The lowest BCUT2D eigenvalue weighted by atomic mass is 10.1. The summed E-state index contributed by atoms with van der Waals surface area (Å²) in [4.78, 5) is 42.4. The summed E-state index contributed by atoms with van der Waals surface area (Å²) < 4.78 is 11.3. The molecule has 0 spiro atoms. The summed E-state index contributed by atoms with van der Waals surface area (Å²) in [5.74, 6) is -0.906. The van der Waals surface area contributed by atoms with Crippen molar-refractivity contribution >= 4 is 49.9 Å². The van der Waals surface area contributed by atoms with Crippen molar-refractivity contribution < 1.29 is 24.0 Å². The van der Waals surface area contributed by atoms with E-state index in [1.165, 1.54) is 17.4 Å². The van der Waals surface area contributed by atoms with Gasteiger partial charge in [-0.2, -0.15) is 0 Å². The first-order valence-corrected chi connectivity index (χ1v) is 11.8. The fourth-order valence-corrected chi connectivity index (χ4v) is 4.45. The molecule has 178 valence electrons. The minimum absolute atomic E-state index is 0.134. The van der Waals surface area contributed by atoms with Crippen LogP contribution in [0.15, 0.2) is 36.4 Å². The van der Waals surface area contributed by atoms with Gasteiger partial charge >= 0.3 is 5.97 Å². The number of morpholine rings is 1. The van der Waals surface area contributed by atoms with E-state index in [1.54, 1.807) is 30.3 Å². The lowest BCUT2D eigenvalue weighted by molar-refractivity contribution is -0.384. The van der Waals surface area contributed by atoms with Gasteiger partial charge in [-0.05, 0) is 36.8 Å². The number of carbonyl (C=O) groups excluding carboxylic acids is 2. The second-order valence-electron chi connectivity index (χ2n) is 7.71. The molecule has 2 aromatic carbocycles. The third-order valence-electron chi connectivity index (χ3n) is 5.36. The zero-order valence-electron chi connectivity index (χ0n) is 18.6. The third-order valence-corrected chi connectivity index (χ3v) is 6.30. The smallest absolute Gasteiger partial charge is 0.338 e. The van der Waals surface area contributed by atoms with E-state index in [0.717, 1.165) is 12.8 Å². The van der Waals surface area contributed by atoms with E-state index in [9.17, 15) is 19.7 Å². The second kappa shape index (κ2) is 10.6. The first kappa shape index (κ1) is 23.6. The molecule has 0 radical (unpaired) electrons. The van der Waals surface area contributed by atoms with Gasteiger partial charge in [-0.15, -0.1) is 0 Å². The van der Waals surface area contributed by atoms with E-state index in [1.807, 2.05) is 11.8 Å². The largest absolute Gasteiger partial charge is 0.462 e. The molecule has 2 heterocycles. The van der Waals surface area contributed by atoms with E-state index < -0.39 is 16.8 Å². The molecule has 3 aromatic rings. The first-order valence-electron chi connectivity index (χ1n) is 11.0. The molecule has 1 fully saturated rings. The van der Waals surface area contributed by atoms with E-state index >= 15 is 0 Å². The number of carbonyl (C=O) groups is 2. The van der Waals surface area contributed by atoms with Crippen LogP contribution in [-0.4, -0.2) is 54.7 Å². The molecule has 4 rings (SSSR count). The maximum Gasteiger partial charge on any atom is 0.338 e. The molecule has 0 saturated carbocycles. The number of esters is 1. The Labute approximate surface area is 199 Å². The molecule has 11 heteroatoms. The van der Waals surface area contributed by atoms with E-state index in [0.29, 0.717) is 59.5 Å². The number of benzene rings is 2. The van der Waals surface area contributed by atoms with Gasteiger partial charge in [0.15, 0.2) is 5.13 Å². The van der Waals surface area contributed by atoms with Gasteiger partial charge in [-0.3, -0.25) is 20.2 Å². The molecule has 10 nitrogen and oxygen atoms in total. The number of anilines is 2. The van der Waals surface area contributed by atoms with Gasteiger partial charge in [0, 0.05) is 24.7 Å². The predicted octanol–water partition coefficient (Wildman–Crippen LogP) is 4.25. The van der Waals surface area contributed by atoms with Crippen LogP contribution in [0.3, 0.4) is 0 Å². The Morgan fingerprint density at radius 2 is 1.97 bits per heavy atom. The van der Waals surface area contributed by atoms with Gasteiger partial charge in [0.25, 0.3) is 11.6 Å². The van der Waals surface area contributed by atoms with Crippen LogP contribution in [0.25, 0.3) is 10.2 Å². The van der Waals surface area contributed by atoms with Gasteiger partial charge in [0.05, 0.1) is 40.5 Å². The quantitative estimate of drug-likeness (QED) is 0.218. The summed E-state index contributed by atoms with van der Waals surface area (Å²) >= 11 is 1.21. The van der Waals surface area contributed by atoms with Gasteiger partial charge in [-0.1, -0.05) is 24.7 Å². The minimum atomic E-state index is -0.505. The Morgan fingerprint density at radius 1 is 1.21 bits per heavy atom. The zero-order chi connectivity index (χ0) is 24.1. The van der Waals surface area contributed by atoms with Gasteiger partial charge in [0.2, 0.25) is 0 Å². The predicted molar refractivity (Wildman–Crippen MR) is 129 cm³/mol. The molecule has 1 N–H and O–H groups in total. The van der Waals surface area contributed by atoms with Gasteiger partial charge in [-0.25, -0.2) is 9.78 Å². The van der Waals surface area contributed by atoms with Crippen LogP contribution in [0.1, 0.15) is 40.5 Å². The number of unbranched alkanes of at least 4 members (excludes halogenated alkanes) is 1. The number of amides is 1. The molecule has 0 aliphatic carbocycles. The summed E-state index contributed by atoms with van der Waals surface area (Å²) in [7, 11) is 0. The average molecular weight is 485 g/mol. The molecule has 1 amide bonds. The Morgan fingerprint density at radius 3 is 2.71 bits per heavy atom. The Hall–Kier alpha value is -3.57. The maximum absolute atomic E-state index is 12.8. The molecule has 1 aliphatic heterocycles. The average Bonchev–Trinajstić information content (AvgIpc) is 3.25. The van der Waals surface area contributed by atoms with Crippen LogP contribution in [0.2, 0.25) is 0 Å². The zero-order valence-corrected chi connectivity index (χ0v) is 19.4. The van der Waals surface area contributed by atoms with Crippen molar-refractivity contribution in [2.24, 2.45) is 0 Å². The number of nitrogens with one attached hydrogen (secondary N) is 1. The second-order valence-corrected chi connectivity index (χ2v) is 8.74. The van der Waals surface area contributed by atoms with Crippen molar-refractivity contribution in [1.29, 1.82) is 0 Å². The van der Waals surface area contributed by atoms with E-state index in [4.69, 9.17) is 9.47 Å². The fraction of sp³-hybridized carbons (Fsp3) is 0.348. The monoisotopic (exact) mass is 484 g/mol. The number of aromatic nitrogens is 1. The number of rotatable bonds is 8. The van der Waals surface area contributed by atoms with Gasteiger partial charge < -0.3 is 14.4 Å².